The molecule has 0 radical (unpaired) electrons. The molecule has 0 spiro atoms. The van der Waals surface area contributed by atoms with Crippen LogP contribution >= 0.6 is 0 Å². The van der Waals surface area contributed by atoms with E-state index in [-0.39, 0.29) is 17.5 Å². The molecule has 2 aromatic rings. The van der Waals surface area contributed by atoms with Crippen LogP contribution in [0.25, 0.3) is 0 Å². The normalized spacial score (nSPS) is 25.2. The number of anilines is 1. The fourth-order valence-corrected chi connectivity index (χ4v) is 5.85. The summed E-state index contributed by atoms with van der Waals surface area (Å²) in [5, 5.41) is 6.25. The molecule has 2 aliphatic rings. The lowest BCUT2D eigenvalue weighted by Crippen LogP contribution is -2.48. The van der Waals surface area contributed by atoms with Gasteiger partial charge in [-0.2, -0.15) is 0 Å². The van der Waals surface area contributed by atoms with Gasteiger partial charge in [0, 0.05) is 30.2 Å². The number of aryl methyl sites for hydroxylation is 2. The number of fused-ring (bicyclic) bond motifs is 1. The summed E-state index contributed by atoms with van der Waals surface area (Å²) in [5.74, 6) is 2.01. The fraction of sp³-hybridized carbons (Fsp3) is 0.500. The van der Waals surface area contributed by atoms with Gasteiger partial charge in [-0.05, 0) is 87.0 Å². The number of likely N-dealkylation sites (N-methyl/N-ethyl adjacent to an activating group) is 1. The quantitative estimate of drug-likeness (QED) is 0.723. The molecule has 172 valence electrons. The third-order valence-corrected chi connectivity index (χ3v) is 7.15. The summed E-state index contributed by atoms with van der Waals surface area (Å²) >= 11 is 0. The molecule has 6 heteroatoms. The monoisotopic (exact) mass is 437 g/mol. The molecule has 3 unspecified atom stereocenters. The van der Waals surface area contributed by atoms with Crippen LogP contribution < -0.4 is 20.1 Å². The van der Waals surface area contributed by atoms with Gasteiger partial charge in [0.05, 0.1) is 14.2 Å². The number of nitrogens with zero attached hydrogens (tertiary/aromatic N) is 1. The third-order valence-electron chi connectivity index (χ3n) is 7.15. The van der Waals surface area contributed by atoms with Crippen molar-refractivity contribution >= 4 is 11.7 Å². The van der Waals surface area contributed by atoms with Crippen molar-refractivity contribution in [3.8, 4) is 11.5 Å². The van der Waals surface area contributed by atoms with Crippen LogP contribution in [0.4, 0.5) is 10.5 Å². The minimum absolute atomic E-state index is 0.0800. The van der Waals surface area contributed by atoms with E-state index >= 15 is 0 Å². The summed E-state index contributed by atoms with van der Waals surface area (Å²) in [6.07, 6.45) is 2.96. The van der Waals surface area contributed by atoms with Crippen molar-refractivity contribution in [2.75, 3.05) is 39.7 Å². The second kappa shape index (κ2) is 9.02. The molecule has 4 rings (SSSR count). The summed E-state index contributed by atoms with van der Waals surface area (Å²) in [4.78, 5) is 15.1. The summed E-state index contributed by atoms with van der Waals surface area (Å²) < 4.78 is 11.0. The van der Waals surface area contributed by atoms with Gasteiger partial charge in [0.1, 0.15) is 0 Å². The number of amides is 2. The lowest BCUT2D eigenvalue weighted by Gasteiger charge is -2.42. The Kier molecular flexibility index (Phi) is 6.33. The lowest BCUT2D eigenvalue weighted by atomic mass is 9.63. The third kappa shape index (κ3) is 4.42. The van der Waals surface area contributed by atoms with Crippen LogP contribution in [0.15, 0.2) is 36.4 Å². The van der Waals surface area contributed by atoms with Crippen LogP contribution in [0.5, 0.6) is 11.5 Å². The summed E-state index contributed by atoms with van der Waals surface area (Å²) in [6.45, 7) is 6.14. The molecule has 6 nitrogen and oxygen atoms in total. The number of carbonyl (C=O) groups excluding carboxylic acids is 1. The Bertz CT molecular complexity index is 972. The van der Waals surface area contributed by atoms with Gasteiger partial charge in [0.2, 0.25) is 0 Å². The summed E-state index contributed by atoms with van der Waals surface area (Å²) in [6, 6.07) is 12.5. The predicted octanol–water partition coefficient (Wildman–Crippen LogP) is 4.49. The highest BCUT2D eigenvalue weighted by Crippen LogP contribution is 2.49. The molecule has 2 aromatic carbocycles. The van der Waals surface area contributed by atoms with Crippen molar-refractivity contribution in [2.24, 2.45) is 5.92 Å². The van der Waals surface area contributed by atoms with E-state index in [1.165, 1.54) is 5.56 Å². The van der Waals surface area contributed by atoms with Crippen molar-refractivity contribution < 1.29 is 14.3 Å². The first-order chi connectivity index (χ1) is 15.3. The lowest BCUT2D eigenvalue weighted by molar-refractivity contribution is 0.197. The van der Waals surface area contributed by atoms with Crippen molar-refractivity contribution in [3.63, 3.8) is 0 Å². The number of likely N-dealkylation sites (tertiary alicyclic amines) is 1. The van der Waals surface area contributed by atoms with E-state index in [2.05, 4.69) is 40.8 Å². The molecule has 1 aliphatic carbocycles. The maximum Gasteiger partial charge on any atom is 0.319 e. The van der Waals surface area contributed by atoms with E-state index in [9.17, 15) is 4.79 Å². The zero-order chi connectivity index (χ0) is 22.9. The van der Waals surface area contributed by atoms with E-state index in [0.29, 0.717) is 5.92 Å². The van der Waals surface area contributed by atoms with Crippen molar-refractivity contribution in [1.82, 2.24) is 10.2 Å². The molecule has 32 heavy (non-hydrogen) atoms. The maximum absolute atomic E-state index is 12.7. The van der Waals surface area contributed by atoms with Gasteiger partial charge in [0.15, 0.2) is 11.5 Å². The van der Waals surface area contributed by atoms with Gasteiger partial charge in [-0.3, -0.25) is 0 Å². The molecule has 1 heterocycles. The summed E-state index contributed by atoms with van der Waals surface area (Å²) in [7, 11) is 5.55. The van der Waals surface area contributed by atoms with Gasteiger partial charge >= 0.3 is 6.03 Å². The van der Waals surface area contributed by atoms with E-state index in [4.69, 9.17) is 9.47 Å². The Morgan fingerprint density at radius 1 is 1.06 bits per heavy atom. The molecule has 0 aromatic heterocycles. The maximum atomic E-state index is 12.7. The smallest absolute Gasteiger partial charge is 0.319 e. The summed E-state index contributed by atoms with van der Waals surface area (Å²) in [5.41, 5.74) is 4.52. The van der Waals surface area contributed by atoms with Crippen molar-refractivity contribution in [1.29, 1.82) is 0 Å². The minimum atomic E-state index is -0.120. The van der Waals surface area contributed by atoms with Crippen LogP contribution in [0.1, 0.15) is 36.0 Å². The van der Waals surface area contributed by atoms with Gasteiger partial charge < -0.3 is 25.0 Å². The molecule has 1 aliphatic heterocycles. The molecule has 2 amide bonds. The highest BCUT2D eigenvalue weighted by molar-refractivity contribution is 5.89. The molecule has 3 atom stereocenters. The molecule has 2 fully saturated rings. The second-order valence-corrected chi connectivity index (χ2v) is 9.57. The van der Waals surface area contributed by atoms with Crippen LogP contribution in [0.3, 0.4) is 0 Å². The number of nitrogens with one attached hydrogen (secondary N) is 2. The first kappa shape index (κ1) is 22.5. The number of rotatable bonds is 5. The molecule has 0 bridgehead atoms. The highest BCUT2D eigenvalue weighted by Gasteiger charge is 2.50. The first-order valence-electron chi connectivity index (χ1n) is 11.4. The number of ether oxygens (including phenoxy) is 2. The Morgan fingerprint density at radius 3 is 2.47 bits per heavy atom. The second-order valence-electron chi connectivity index (χ2n) is 9.57. The molecule has 2 N–H and O–H groups in total. The van der Waals surface area contributed by atoms with Gasteiger partial charge in [-0.1, -0.05) is 12.1 Å². The van der Waals surface area contributed by atoms with E-state index < -0.39 is 0 Å². The topological polar surface area (TPSA) is 62.8 Å². The van der Waals surface area contributed by atoms with Crippen molar-refractivity contribution in [2.45, 2.75) is 44.6 Å². The average molecular weight is 438 g/mol. The number of hydrogen-bond acceptors (Lipinski definition) is 4. The Morgan fingerprint density at radius 2 is 1.78 bits per heavy atom. The SMILES string of the molecule is COc1ccc(C23CCC(NC(=O)Nc4cc(C)cc(C)c4)CC2CN(C)C3)cc1OC. The molecular weight excluding hydrogens is 402 g/mol. The number of benzene rings is 2. The predicted molar refractivity (Wildman–Crippen MR) is 128 cm³/mol. The Hall–Kier alpha value is -2.73. The first-order valence-corrected chi connectivity index (χ1v) is 11.4. The fourth-order valence-electron chi connectivity index (χ4n) is 5.85. The van der Waals surface area contributed by atoms with E-state index in [1.807, 2.05) is 32.0 Å². The minimum Gasteiger partial charge on any atom is -0.493 e. The number of urea groups is 1. The zero-order valence-corrected chi connectivity index (χ0v) is 19.8. The Labute approximate surface area is 191 Å². The molecular formula is C26H35N3O3. The average Bonchev–Trinajstić information content (AvgIpc) is 3.08. The van der Waals surface area contributed by atoms with Crippen LogP contribution in [-0.4, -0.2) is 51.3 Å². The zero-order valence-electron chi connectivity index (χ0n) is 19.8. The van der Waals surface area contributed by atoms with Crippen LogP contribution in [0.2, 0.25) is 0 Å². The van der Waals surface area contributed by atoms with Crippen molar-refractivity contribution in [3.05, 3.63) is 53.1 Å². The number of methoxy groups -OCH3 is 2. The number of hydrogen-bond donors (Lipinski definition) is 2. The van der Waals surface area contributed by atoms with E-state index in [0.717, 1.165) is 60.7 Å². The Balaban J connectivity index is 1.47. The van der Waals surface area contributed by atoms with Gasteiger partial charge in [0.25, 0.3) is 0 Å². The van der Waals surface area contributed by atoms with Crippen LogP contribution in [0, 0.1) is 19.8 Å². The highest BCUT2D eigenvalue weighted by atomic mass is 16.5. The van der Waals surface area contributed by atoms with Gasteiger partial charge in [-0.15, -0.1) is 0 Å². The standard InChI is InChI=1S/C26H35N3O3/c1-17-10-18(2)12-22(11-17)28-25(30)27-21-8-9-26(16-29(3)15-20(26)13-21)19-6-7-23(31-4)24(14-19)32-5/h6-7,10-12,14,20-21H,8-9,13,15-16H2,1-5H3,(H2,27,28,30). The molecule has 1 saturated carbocycles. The largest absolute Gasteiger partial charge is 0.493 e. The molecule has 1 saturated heterocycles. The van der Waals surface area contributed by atoms with Crippen LogP contribution in [-0.2, 0) is 5.41 Å². The number of carbonyl (C=O) groups is 1. The van der Waals surface area contributed by atoms with E-state index in [1.54, 1.807) is 14.2 Å². The van der Waals surface area contributed by atoms with Gasteiger partial charge in [-0.25, -0.2) is 4.79 Å².